The van der Waals surface area contributed by atoms with Gasteiger partial charge in [-0.2, -0.15) is 0 Å². The summed E-state index contributed by atoms with van der Waals surface area (Å²) in [4.78, 5) is 0.213. The van der Waals surface area contributed by atoms with Gasteiger partial charge in [0.25, 0.3) is 0 Å². The number of anilines is 1. The van der Waals surface area contributed by atoms with Crippen LogP contribution in [0.25, 0.3) is 0 Å². The molecule has 0 spiro atoms. The Hall–Kier alpha value is -1.35. The molecule has 0 radical (unpaired) electrons. The maximum atomic E-state index is 12.5. The Bertz CT molecular complexity index is 600. The summed E-state index contributed by atoms with van der Waals surface area (Å²) in [7, 11) is -0.415. The molecule has 7 nitrogen and oxygen atoms in total. The van der Waals surface area contributed by atoms with E-state index in [2.05, 4.69) is 10.0 Å². The highest BCUT2D eigenvalue weighted by Crippen LogP contribution is 2.27. The predicted octanol–water partition coefficient (Wildman–Crippen LogP) is 1.21. The lowest BCUT2D eigenvalue weighted by atomic mass is 10.1. The highest BCUT2D eigenvalue weighted by molar-refractivity contribution is 7.89. The molecule has 23 heavy (non-hydrogen) atoms. The van der Waals surface area contributed by atoms with Crippen LogP contribution >= 0.6 is 0 Å². The summed E-state index contributed by atoms with van der Waals surface area (Å²) in [6, 6.07) is 4.69. The molecule has 0 amide bonds. The molecule has 0 unspecified atom stereocenters. The van der Waals surface area contributed by atoms with Crippen LogP contribution in [0.4, 0.5) is 5.69 Å². The van der Waals surface area contributed by atoms with Gasteiger partial charge < -0.3 is 19.5 Å². The molecule has 8 heteroatoms. The minimum atomic E-state index is -3.57. The Morgan fingerprint density at radius 1 is 1.26 bits per heavy atom. The summed E-state index contributed by atoms with van der Waals surface area (Å²) in [5, 5.41) is 3.12. The molecular weight excluding hydrogens is 320 g/mol. The van der Waals surface area contributed by atoms with Crippen molar-refractivity contribution in [3.8, 4) is 5.75 Å². The minimum Gasteiger partial charge on any atom is -0.495 e. The summed E-state index contributed by atoms with van der Waals surface area (Å²) >= 11 is 0. The van der Waals surface area contributed by atoms with E-state index in [0.717, 1.165) is 0 Å². The van der Waals surface area contributed by atoms with Gasteiger partial charge in [-0.3, -0.25) is 0 Å². The van der Waals surface area contributed by atoms with E-state index < -0.39 is 10.0 Å². The van der Waals surface area contributed by atoms with Gasteiger partial charge in [-0.25, -0.2) is 13.1 Å². The number of hydrogen-bond acceptors (Lipinski definition) is 6. The number of methoxy groups -OCH3 is 2. The molecule has 1 aliphatic rings. The molecule has 0 atom stereocenters. The van der Waals surface area contributed by atoms with Crippen LogP contribution in [0, 0.1) is 0 Å². The van der Waals surface area contributed by atoms with Crippen molar-refractivity contribution in [2.45, 2.75) is 23.8 Å². The molecule has 0 bridgehead atoms. The molecule has 1 aliphatic heterocycles. The quantitative estimate of drug-likeness (QED) is 0.690. The number of rotatable bonds is 8. The zero-order valence-corrected chi connectivity index (χ0v) is 14.3. The van der Waals surface area contributed by atoms with Crippen LogP contribution in [0.2, 0.25) is 0 Å². The fraction of sp³-hybridized carbons (Fsp3) is 0.600. The van der Waals surface area contributed by atoms with Crippen LogP contribution < -0.4 is 14.8 Å². The Balaban J connectivity index is 2.14. The van der Waals surface area contributed by atoms with Crippen LogP contribution in [0.5, 0.6) is 5.75 Å². The maximum Gasteiger partial charge on any atom is 0.240 e. The Kier molecular flexibility index (Phi) is 6.64. The number of benzene rings is 1. The summed E-state index contributed by atoms with van der Waals surface area (Å²) in [6.45, 7) is 2.24. The van der Waals surface area contributed by atoms with Gasteiger partial charge in [0.05, 0.1) is 24.3 Å². The largest absolute Gasteiger partial charge is 0.495 e. The van der Waals surface area contributed by atoms with Crippen molar-refractivity contribution in [1.29, 1.82) is 0 Å². The van der Waals surface area contributed by atoms with Crippen LogP contribution in [0.15, 0.2) is 23.1 Å². The fourth-order valence-electron chi connectivity index (χ4n) is 2.38. The molecule has 0 saturated carbocycles. The van der Waals surface area contributed by atoms with Crippen LogP contribution in [-0.2, 0) is 19.5 Å². The number of sulfonamides is 1. The van der Waals surface area contributed by atoms with Crippen molar-refractivity contribution < 1.29 is 22.6 Å². The molecule has 1 heterocycles. The fourth-order valence-corrected chi connectivity index (χ4v) is 3.71. The van der Waals surface area contributed by atoms with Crippen LogP contribution in [-0.4, -0.2) is 55.0 Å². The molecule has 1 fully saturated rings. The van der Waals surface area contributed by atoms with Crippen molar-refractivity contribution in [3.05, 3.63) is 18.2 Å². The van der Waals surface area contributed by atoms with Gasteiger partial charge in [0.2, 0.25) is 10.0 Å². The molecule has 0 aromatic heterocycles. The highest BCUT2D eigenvalue weighted by atomic mass is 32.2. The number of ether oxygens (including phenoxy) is 3. The Morgan fingerprint density at radius 2 is 2.00 bits per heavy atom. The van der Waals surface area contributed by atoms with E-state index in [-0.39, 0.29) is 10.9 Å². The first kappa shape index (κ1) is 18.0. The van der Waals surface area contributed by atoms with E-state index in [9.17, 15) is 8.42 Å². The van der Waals surface area contributed by atoms with Crippen molar-refractivity contribution in [1.82, 2.24) is 4.72 Å². The lowest BCUT2D eigenvalue weighted by Gasteiger charge is -2.23. The third-order valence-corrected chi connectivity index (χ3v) is 5.16. The second-order valence-corrected chi connectivity index (χ2v) is 7.00. The number of hydrogen-bond donors (Lipinski definition) is 2. The summed E-state index contributed by atoms with van der Waals surface area (Å²) in [5.74, 6) is 0.589. The summed E-state index contributed by atoms with van der Waals surface area (Å²) in [6.07, 6.45) is 1.38. The van der Waals surface area contributed by atoms with Crippen molar-refractivity contribution >= 4 is 15.7 Å². The van der Waals surface area contributed by atoms with Crippen LogP contribution in [0.3, 0.4) is 0 Å². The maximum absolute atomic E-state index is 12.5. The van der Waals surface area contributed by atoms with E-state index in [0.29, 0.717) is 50.6 Å². The second kappa shape index (κ2) is 8.49. The molecule has 2 N–H and O–H groups in total. The van der Waals surface area contributed by atoms with Gasteiger partial charge in [-0.1, -0.05) is 0 Å². The predicted molar refractivity (Wildman–Crippen MR) is 87.5 cm³/mol. The average Bonchev–Trinajstić information content (AvgIpc) is 2.55. The molecule has 1 saturated heterocycles. The molecule has 1 aromatic rings. The monoisotopic (exact) mass is 344 g/mol. The molecule has 1 aromatic carbocycles. The summed E-state index contributed by atoms with van der Waals surface area (Å²) < 4.78 is 43.3. The van der Waals surface area contributed by atoms with Gasteiger partial charge >= 0.3 is 0 Å². The van der Waals surface area contributed by atoms with E-state index >= 15 is 0 Å². The van der Waals surface area contributed by atoms with Gasteiger partial charge in [-0.15, -0.1) is 0 Å². The van der Waals surface area contributed by atoms with Gasteiger partial charge in [0.1, 0.15) is 5.75 Å². The SMILES string of the molecule is COCCNc1cc(S(=O)(=O)NC2CCOCC2)ccc1OC. The van der Waals surface area contributed by atoms with Crippen molar-refractivity contribution in [2.75, 3.05) is 45.9 Å². The van der Waals surface area contributed by atoms with E-state index in [1.807, 2.05) is 0 Å². The van der Waals surface area contributed by atoms with Gasteiger partial charge in [0.15, 0.2) is 0 Å². The molecule has 0 aliphatic carbocycles. The first-order valence-corrected chi connectivity index (χ1v) is 9.06. The van der Waals surface area contributed by atoms with Crippen molar-refractivity contribution in [3.63, 3.8) is 0 Å². The first-order chi connectivity index (χ1) is 11.1. The zero-order valence-electron chi connectivity index (χ0n) is 13.5. The standard InChI is InChI=1S/C15H24N2O5S/c1-20-10-7-16-14-11-13(3-4-15(14)21-2)23(18,19)17-12-5-8-22-9-6-12/h3-4,11-12,16-17H,5-10H2,1-2H3. The molecule has 130 valence electrons. The van der Waals surface area contributed by atoms with E-state index in [1.165, 1.54) is 0 Å². The number of nitrogens with one attached hydrogen (secondary N) is 2. The molecule has 2 rings (SSSR count). The third kappa shape index (κ3) is 5.07. The highest BCUT2D eigenvalue weighted by Gasteiger charge is 2.23. The Morgan fingerprint density at radius 3 is 2.65 bits per heavy atom. The minimum absolute atomic E-state index is 0.0826. The summed E-state index contributed by atoms with van der Waals surface area (Å²) in [5.41, 5.74) is 0.624. The second-order valence-electron chi connectivity index (χ2n) is 5.29. The van der Waals surface area contributed by atoms with E-state index in [4.69, 9.17) is 14.2 Å². The lowest BCUT2D eigenvalue weighted by Crippen LogP contribution is -2.38. The van der Waals surface area contributed by atoms with Gasteiger partial charge in [-0.05, 0) is 31.0 Å². The smallest absolute Gasteiger partial charge is 0.240 e. The Labute approximate surface area is 137 Å². The first-order valence-electron chi connectivity index (χ1n) is 7.57. The lowest BCUT2D eigenvalue weighted by molar-refractivity contribution is 0.0832. The van der Waals surface area contributed by atoms with E-state index in [1.54, 1.807) is 32.4 Å². The molecular formula is C15H24N2O5S. The third-order valence-electron chi connectivity index (χ3n) is 3.65. The van der Waals surface area contributed by atoms with Gasteiger partial charge in [0, 0.05) is 32.9 Å². The van der Waals surface area contributed by atoms with Crippen LogP contribution in [0.1, 0.15) is 12.8 Å². The topological polar surface area (TPSA) is 85.9 Å². The van der Waals surface area contributed by atoms with Crippen molar-refractivity contribution in [2.24, 2.45) is 0 Å². The zero-order chi connectivity index (χ0) is 16.7. The normalized spacial score (nSPS) is 16.3. The average molecular weight is 344 g/mol.